The Bertz CT molecular complexity index is 1200. The highest BCUT2D eigenvalue weighted by molar-refractivity contribution is 7.10. The maximum absolute atomic E-state index is 10.6. The van der Waals surface area contributed by atoms with Gasteiger partial charge in [-0.25, -0.2) is 0 Å². The minimum atomic E-state index is -0.559. The summed E-state index contributed by atoms with van der Waals surface area (Å²) >= 11 is 1.87. The van der Waals surface area contributed by atoms with E-state index in [-0.39, 0.29) is 24.5 Å². The second-order valence-electron chi connectivity index (χ2n) is 8.47. The number of aromatic nitrogens is 2. The second-order valence-corrected chi connectivity index (χ2v) is 9.41. The minimum Gasteiger partial charge on any atom is -0.490 e. The zero-order chi connectivity index (χ0) is 22.1. The summed E-state index contributed by atoms with van der Waals surface area (Å²) < 4.78 is 17.3. The molecule has 0 amide bonds. The molecule has 4 heterocycles. The number of ether oxygens (including phenoxy) is 1. The number of furan rings is 1. The van der Waals surface area contributed by atoms with Crippen LogP contribution in [0.3, 0.4) is 0 Å². The lowest BCUT2D eigenvalue weighted by Gasteiger charge is -2.32. The molecule has 0 aliphatic carbocycles. The highest BCUT2D eigenvalue weighted by atomic mass is 35.5. The molecule has 1 aliphatic rings. The molecule has 0 saturated carbocycles. The summed E-state index contributed by atoms with van der Waals surface area (Å²) in [5.74, 6) is 2.63. The van der Waals surface area contributed by atoms with Crippen molar-refractivity contribution in [1.82, 2.24) is 15.1 Å². The van der Waals surface area contributed by atoms with Crippen LogP contribution in [0.4, 0.5) is 0 Å². The van der Waals surface area contributed by atoms with E-state index < -0.39 is 6.10 Å². The molecule has 0 spiro atoms. The highest BCUT2D eigenvalue weighted by Crippen LogP contribution is 2.34. The van der Waals surface area contributed by atoms with Crippen LogP contribution in [-0.2, 0) is 0 Å². The van der Waals surface area contributed by atoms with Gasteiger partial charge < -0.3 is 29.1 Å². The quantitative estimate of drug-likeness (QED) is 0.394. The number of aliphatic hydroxyl groups is 1. The van der Waals surface area contributed by atoms with Crippen LogP contribution >= 0.6 is 23.7 Å². The Morgan fingerprint density at radius 3 is 2.65 bits per heavy atom. The normalized spacial score (nSPS) is 15.6. The number of piperidine rings is 1. The van der Waals surface area contributed by atoms with Gasteiger partial charge in [0, 0.05) is 24.4 Å². The molecule has 3 N–H and O–H groups in total. The standard InChI is InChI=1S/C24H27N3O4S.ClH.H2O/c1-15-10-23(32-14-15)17-6-8-27(9-7-17)12-18(28)13-29-20-4-3-5-21-19(20)11-22(31-21)24-26-25-16(2)30-24;;/h3-5,10-11,14,17-18,28H,6-9,12-13H2,1-2H3;1H;1H2/t18-;;/m0../s1. The van der Waals surface area contributed by atoms with Crippen molar-refractivity contribution in [3.63, 3.8) is 0 Å². The van der Waals surface area contributed by atoms with Crippen LogP contribution in [0.15, 0.2) is 44.5 Å². The molecule has 0 radical (unpaired) electrons. The van der Waals surface area contributed by atoms with E-state index in [0.29, 0.717) is 41.3 Å². The third kappa shape index (κ3) is 5.79. The molecule has 4 aromatic rings. The Hall–Kier alpha value is -2.43. The van der Waals surface area contributed by atoms with Gasteiger partial charge in [0.25, 0.3) is 5.89 Å². The van der Waals surface area contributed by atoms with Crippen molar-refractivity contribution in [3.05, 3.63) is 52.0 Å². The van der Waals surface area contributed by atoms with Crippen molar-refractivity contribution in [1.29, 1.82) is 0 Å². The second kappa shape index (κ2) is 11.3. The number of benzene rings is 1. The summed E-state index contributed by atoms with van der Waals surface area (Å²) in [6.45, 7) is 6.74. The lowest BCUT2D eigenvalue weighted by Crippen LogP contribution is -2.40. The van der Waals surface area contributed by atoms with Crippen molar-refractivity contribution < 1.29 is 24.2 Å². The first kappa shape index (κ1) is 26.2. The summed E-state index contributed by atoms with van der Waals surface area (Å²) in [6.07, 6.45) is 1.72. The Morgan fingerprint density at radius 1 is 1.18 bits per heavy atom. The van der Waals surface area contributed by atoms with E-state index >= 15 is 0 Å². The Kier molecular flexibility index (Phi) is 8.72. The van der Waals surface area contributed by atoms with Crippen molar-refractivity contribution >= 4 is 34.7 Å². The smallest absolute Gasteiger partial charge is 0.283 e. The lowest BCUT2D eigenvalue weighted by molar-refractivity contribution is 0.0600. The minimum absolute atomic E-state index is 0. The fourth-order valence-corrected chi connectivity index (χ4v) is 5.34. The molecular weight excluding hydrogens is 478 g/mol. The molecule has 5 rings (SSSR count). The first-order valence-corrected chi connectivity index (χ1v) is 11.8. The van der Waals surface area contributed by atoms with Gasteiger partial charge >= 0.3 is 0 Å². The van der Waals surface area contributed by atoms with Crippen molar-refractivity contribution in [2.24, 2.45) is 0 Å². The molecule has 34 heavy (non-hydrogen) atoms. The molecule has 10 heteroatoms. The predicted molar refractivity (Wildman–Crippen MR) is 134 cm³/mol. The Labute approximate surface area is 208 Å². The lowest BCUT2D eigenvalue weighted by atomic mass is 9.95. The first-order chi connectivity index (χ1) is 15.5. The number of aryl methyl sites for hydroxylation is 2. The highest BCUT2D eigenvalue weighted by Gasteiger charge is 2.23. The molecule has 3 aromatic heterocycles. The third-order valence-corrected chi connectivity index (χ3v) is 7.11. The first-order valence-electron chi connectivity index (χ1n) is 11.0. The fraction of sp³-hybridized carbons (Fsp3) is 0.417. The topological polar surface area (TPSA) is 116 Å². The van der Waals surface area contributed by atoms with Crippen molar-refractivity contribution in [3.8, 4) is 17.4 Å². The zero-order valence-corrected chi connectivity index (χ0v) is 20.8. The van der Waals surface area contributed by atoms with Crippen molar-refractivity contribution in [2.75, 3.05) is 26.2 Å². The van der Waals surface area contributed by atoms with Crippen LogP contribution in [0, 0.1) is 13.8 Å². The number of β-amino-alcohol motifs (C(OH)–C–C–N with tert-alkyl or cyclic N) is 1. The number of aliphatic hydroxyl groups excluding tert-OH is 1. The maximum atomic E-state index is 10.6. The van der Waals surface area contributed by atoms with E-state index in [1.807, 2.05) is 35.6 Å². The molecule has 1 saturated heterocycles. The largest absolute Gasteiger partial charge is 0.490 e. The summed E-state index contributed by atoms with van der Waals surface area (Å²) in [5, 5.41) is 21.5. The number of nitrogens with zero attached hydrogens (tertiary/aromatic N) is 3. The van der Waals surface area contributed by atoms with Gasteiger partial charge in [0.15, 0.2) is 5.76 Å². The van der Waals surface area contributed by atoms with Crippen molar-refractivity contribution in [2.45, 2.75) is 38.7 Å². The monoisotopic (exact) mass is 507 g/mol. The van der Waals surface area contributed by atoms with Crippen LogP contribution < -0.4 is 4.74 Å². The molecule has 184 valence electrons. The third-order valence-electron chi connectivity index (χ3n) is 5.90. The van der Waals surface area contributed by atoms with E-state index in [0.717, 1.165) is 31.3 Å². The molecule has 1 atom stereocenters. The van der Waals surface area contributed by atoms with Gasteiger partial charge in [-0.15, -0.1) is 33.9 Å². The molecule has 0 unspecified atom stereocenters. The molecule has 1 aromatic carbocycles. The van der Waals surface area contributed by atoms with Gasteiger partial charge in [-0.2, -0.15) is 0 Å². The van der Waals surface area contributed by atoms with Gasteiger partial charge in [-0.1, -0.05) is 6.07 Å². The van der Waals surface area contributed by atoms with Crippen LogP contribution in [0.1, 0.15) is 35.1 Å². The average Bonchev–Trinajstić information content (AvgIpc) is 3.52. The Balaban J connectivity index is 0.00000162. The van der Waals surface area contributed by atoms with Gasteiger partial charge in [-0.3, -0.25) is 0 Å². The zero-order valence-electron chi connectivity index (χ0n) is 19.2. The number of thiophene rings is 1. The van der Waals surface area contributed by atoms with E-state index in [2.05, 4.69) is 33.5 Å². The number of likely N-dealkylation sites (tertiary alicyclic amines) is 1. The number of rotatable bonds is 7. The molecule has 1 fully saturated rings. The summed E-state index contributed by atoms with van der Waals surface area (Å²) in [4.78, 5) is 3.83. The van der Waals surface area contributed by atoms with Crippen LogP contribution in [-0.4, -0.2) is 58.0 Å². The molecule has 8 nitrogen and oxygen atoms in total. The van der Waals surface area contributed by atoms with E-state index in [4.69, 9.17) is 13.6 Å². The SMILES string of the molecule is Cc1csc(C2CCN(C[C@H](O)COc3cccc4oc(-c5nnc(C)o5)cc34)CC2)c1.Cl.O. The van der Waals surface area contributed by atoms with E-state index in [9.17, 15) is 5.11 Å². The molecule has 0 bridgehead atoms. The molecule has 1 aliphatic heterocycles. The maximum Gasteiger partial charge on any atom is 0.283 e. The summed E-state index contributed by atoms with van der Waals surface area (Å²) in [7, 11) is 0. The van der Waals surface area contributed by atoms with Gasteiger partial charge in [0.1, 0.15) is 24.0 Å². The fourth-order valence-electron chi connectivity index (χ4n) is 4.27. The van der Waals surface area contributed by atoms with Gasteiger partial charge in [0.2, 0.25) is 5.89 Å². The summed E-state index contributed by atoms with van der Waals surface area (Å²) in [5.41, 5.74) is 2.03. The molecular formula is C24H30ClN3O5S. The number of hydrogen-bond donors (Lipinski definition) is 1. The summed E-state index contributed by atoms with van der Waals surface area (Å²) in [6, 6.07) is 9.76. The van der Waals surface area contributed by atoms with E-state index in [1.165, 1.54) is 10.4 Å². The average molecular weight is 508 g/mol. The van der Waals surface area contributed by atoms with Crippen LogP contribution in [0.2, 0.25) is 0 Å². The van der Waals surface area contributed by atoms with E-state index in [1.54, 1.807) is 6.92 Å². The van der Waals surface area contributed by atoms with Gasteiger partial charge in [0.05, 0.1) is 5.39 Å². The van der Waals surface area contributed by atoms with Gasteiger partial charge in [-0.05, 0) is 67.9 Å². The number of halogens is 1. The predicted octanol–water partition coefficient (Wildman–Crippen LogP) is 4.38. The number of hydrogen-bond acceptors (Lipinski definition) is 8. The van der Waals surface area contributed by atoms with Crippen LogP contribution in [0.5, 0.6) is 5.75 Å². The van der Waals surface area contributed by atoms with Crippen LogP contribution in [0.25, 0.3) is 22.6 Å². The number of fused-ring (bicyclic) bond motifs is 1. The Morgan fingerprint density at radius 2 is 1.97 bits per heavy atom.